The molecule has 1 saturated carbocycles. The number of benzene rings is 1. The highest BCUT2D eigenvalue weighted by molar-refractivity contribution is 5.89. The van der Waals surface area contributed by atoms with Gasteiger partial charge in [0.15, 0.2) is 0 Å². The van der Waals surface area contributed by atoms with Gasteiger partial charge in [-0.05, 0) is 50.2 Å². The van der Waals surface area contributed by atoms with E-state index < -0.39 is 0 Å². The fourth-order valence-electron chi connectivity index (χ4n) is 4.26. The van der Waals surface area contributed by atoms with Crippen LogP contribution in [0.5, 0.6) is 0 Å². The van der Waals surface area contributed by atoms with Crippen LogP contribution in [0, 0.1) is 11.8 Å². The van der Waals surface area contributed by atoms with E-state index >= 15 is 0 Å². The summed E-state index contributed by atoms with van der Waals surface area (Å²) in [7, 11) is 0. The third kappa shape index (κ3) is 4.10. The number of carbonyl (C=O) groups is 2. The standard InChI is InChI=1S/C21H29N3O3/c1-15-14-24(20(26)23-17-5-3-2-4-6-17)12-11-21(15)10-9-18(27-21)19(25)22-13-16-7-8-16/h2-6,15-16,18H,7-14H2,1H3,(H,22,25)(H,23,26)/t15-,18?,21+/m1/s1. The van der Waals surface area contributed by atoms with E-state index in [2.05, 4.69) is 17.6 Å². The number of nitrogens with zero attached hydrogens (tertiary/aromatic N) is 1. The molecule has 3 atom stereocenters. The number of amides is 3. The summed E-state index contributed by atoms with van der Waals surface area (Å²) in [4.78, 5) is 26.8. The number of urea groups is 1. The van der Waals surface area contributed by atoms with Crippen LogP contribution >= 0.6 is 0 Å². The Bertz CT molecular complexity index is 691. The van der Waals surface area contributed by atoms with Gasteiger partial charge in [0.05, 0.1) is 5.60 Å². The van der Waals surface area contributed by atoms with Gasteiger partial charge in [-0.15, -0.1) is 0 Å². The van der Waals surface area contributed by atoms with Gasteiger partial charge in [0.25, 0.3) is 0 Å². The first kappa shape index (κ1) is 18.3. The highest BCUT2D eigenvalue weighted by atomic mass is 16.5. The number of nitrogens with one attached hydrogen (secondary N) is 2. The molecule has 0 bridgehead atoms. The average molecular weight is 371 g/mol. The zero-order chi connectivity index (χ0) is 18.9. The van der Waals surface area contributed by atoms with E-state index in [1.165, 1.54) is 12.8 Å². The molecule has 1 aromatic rings. The summed E-state index contributed by atoms with van der Waals surface area (Å²) < 4.78 is 6.29. The van der Waals surface area contributed by atoms with Gasteiger partial charge < -0.3 is 20.3 Å². The van der Waals surface area contributed by atoms with E-state index in [4.69, 9.17) is 4.74 Å². The first-order valence-electron chi connectivity index (χ1n) is 10.1. The average Bonchev–Trinajstić information content (AvgIpc) is 3.41. The molecule has 1 unspecified atom stereocenters. The van der Waals surface area contributed by atoms with E-state index in [-0.39, 0.29) is 29.6 Å². The molecule has 1 aromatic carbocycles. The molecule has 2 N–H and O–H groups in total. The van der Waals surface area contributed by atoms with Gasteiger partial charge in [-0.2, -0.15) is 0 Å². The summed E-state index contributed by atoms with van der Waals surface area (Å²) in [6, 6.07) is 9.44. The van der Waals surface area contributed by atoms with Crippen molar-refractivity contribution in [1.29, 1.82) is 0 Å². The minimum Gasteiger partial charge on any atom is -0.362 e. The molecule has 0 aromatic heterocycles. The van der Waals surface area contributed by atoms with E-state index in [9.17, 15) is 9.59 Å². The van der Waals surface area contributed by atoms with Crippen LogP contribution in [0.25, 0.3) is 0 Å². The van der Waals surface area contributed by atoms with Gasteiger partial charge in [0.1, 0.15) is 6.10 Å². The summed E-state index contributed by atoms with van der Waals surface area (Å²) in [6.45, 7) is 4.22. The van der Waals surface area contributed by atoms with Crippen molar-refractivity contribution in [3.63, 3.8) is 0 Å². The van der Waals surface area contributed by atoms with Crippen LogP contribution in [-0.4, -0.2) is 48.2 Å². The van der Waals surface area contributed by atoms with E-state index in [0.29, 0.717) is 19.0 Å². The Morgan fingerprint density at radius 2 is 1.96 bits per heavy atom. The number of anilines is 1. The predicted molar refractivity (Wildman–Crippen MR) is 103 cm³/mol. The largest absolute Gasteiger partial charge is 0.362 e. The molecule has 2 heterocycles. The van der Waals surface area contributed by atoms with Crippen molar-refractivity contribution in [2.45, 2.75) is 50.7 Å². The Balaban J connectivity index is 1.30. The predicted octanol–water partition coefficient (Wildman–Crippen LogP) is 3.00. The minimum atomic E-state index is -0.337. The lowest BCUT2D eigenvalue weighted by atomic mass is 9.80. The van der Waals surface area contributed by atoms with Gasteiger partial charge in [-0.25, -0.2) is 4.79 Å². The van der Waals surface area contributed by atoms with Crippen LogP contribution in [-0.2, 0) is 9.53 Å². The van der Waals surface area contributed by atoms with Crippen molar-refractivity contribution in [2.24, 2.45) is 11.8 Å². The summed E-state index contributed by atoms with van der Waals surface area (Å²) in [5.74, 6) is 0.916. The third-order valence-electron chi connectivity index (χ3n) is 6.27. The molecule has 3 amide bonds. The lowest BCUT2D eigenvalue weighted by molar-refractivity contribution is -0.146. The zero-order valence-electron chi connectivity index (χ0n) is 15.9. The molecule has 3 aliphatic rings. The summed E-state index contributed by atoms with van der Waals surface area (Å²) in [5.41, 5.74) is 0.533. The fourth-order valence-corrected chi connectivity index (χ4v) is 4.26. The van der Waals surface area contributed by atoms with Crippen molar-refractivity contribution in [1.82, 2.24) is 10.2 Å². The first-order valence-corrected chi connectivity index (χ1v) is 10.1. The summed E-state index contributed by atoms with van der Waals surface area (Å²) in [5, 5.41) is 5.99. The number of ether oxygens (including phenoxy) is 1. The molecular formula is C21H29N3O3. The molecule has 2 saturated heterocycles. The van der Waals surface area contributed by atoms with E-state index in [1.807, 2.05) is 35.2 Å². The molecule has 27 heavy (non-hydrogen) atoms. The van der Waals surface area contributed by atoms with E-state index in [0.717, 1.165) is 31.5 Å². The number of para-hydroxylation sites is 1. The Labute approximate surface area is 160 Å². The number of piperidine rings is 1. The lowest BCUT2D eigenvalue weighted by Crippen LogP contribution is -2.54. The second-order valence-electron chi connectivity index (χ2n) is 8.29. The molecule has 0 radical (unpaired) electrons. The molecule has 1 aliphatic carbocycles. The molecule has 4 rings (SSSR count). The van der Waals surface area contributed by atoms with Gasteiger partial charge >= 0.3 is 6.03 Å². The monoisotopic (exact) mass is 371 g/mol. The van der Waals surface area contributed by atoms with E-state index in [1.54, 1.807) is 0 Å². The van der Waals surface area contributed by atoms with Crippen LogP contribution in [0.3, 0.4) is 0 Å². The number of likely N-dealkylation sites (tertiary alicyclic amines) is 1. The fraction of sp³-hybridized carbons (Fsp3) is 0.619. The van der Waals surface area contributed by atoms with Crippen LogP contribution in [0.2, 0.25) is 0 Å². The van der Waals surface area contributed by atoms with Crippen LogP contribution in [0.4, 0.5) is 10.5 Å². The molecule has 3 fully saturated rings. The Kier molecular flexibility index (Phi) is 5.08. The van der Waals surface area contributed by atoms with Crippen molar-refractivity contribution < 1.29 is 14.3 Å². The third-order valence-corrected chi connectivity index (χ3v) is 6.27. The molecule has 2 aliphatic heterocycles. The Morgan fingerprint density at radius 1 is 1.19 bits per heavy atom. The number of rotatable bonds is 4. The van der Waals surface area contributed by atoms with Crippen molar-refractivity contribution >= 4 is 17.6 Å². The number of carbonyl (C=O) groups excluding carboxylic acids is 2. The highest BCUT2D eigenvalue weighted by Crippen LogP contribution is 2.42. The van der Waals surface area contributed by atoms with Crippen LogP contribution in [0.15, 0.2) is 30.3 Å². The van der Waals surface area contributed by atoms with Gasteiger partial charge in [-0.3, -0.25) is 4.79 Å². The lowest BCUT2D eigenvalue weighted by Gasteiger charge is -2.44. The number of hydrogen-bond acceptors (Lipinski definition) is 3. The molecular weight excluding hydrogens is 342 g/mol. The van der Waals surface area contributed by atoms with Gasteiger partial charge in [0.2, 0.25) is 5.91 Å². The number of hydrogen-bond donors (Lipinski definition) is 2. The van der Waals surface area contributed by atoms with Crippen LogP contribution in [0.1, 0.15) is 39.0 Å². The topological polar surface area (TPSA) is 70.7 Å². The Hall–Kier alpha value is -2.08. The summed E-state index contributed by atoms with van der Waals surface area (Å²) >= 11 is 0. The molecule has 146 valence electrons. The van der Waals surface area contributed by atoms with Crippen molar-refractivity contribution in [3.8, 4) is 0 Å². The molecule has 1 spiro atoms. The molecule has 6 nitrogen and oxygen atoms in total. The maximum atomic E-state index is 12.6. The first-order chi connectivity index (χ1) is 13.1. The second kappa shape index (κ2) is 7.50. The van der Waals surface area contributed by atoms with Crippen molar-refractivity contribution in [3.05, 3.63) is 30.3 Å². The normalized spacial score (nSPS) is 30.3. The minimum absolute atomic E-state index is 0.0372. The molecule has 6 heteroatoms. The maximum Gasteiger partial charge on any atom is 0.321 e. The Morgan fingerprint density at radius 3 is 2.67 bits per heavy atom. The smallest absolute Gasteiger partial charge is 0.321 e. The maximum absolute atomic E-state index is 12.6. The van der Waals surface area contributed by atoms with Gasteiger partial charge in [-0.1, -0.05) is 25.1 Å². The van der Waals surface area contributed by atoms with Crippen LogP contribution < -0.4 is 10.6 Å². The second-order valence-corrected chi connectivity index (χ2v) is 8.29. The van der Waals surface area contributed by atoms with Gasteiger partial charge in [0, 0.05) is 31.2 Å². The summed E-state index contributed by atoms with van der Waals surface area (Å²) in [6.07, 6.45) is 4.57. The SMILES string of the molecule is C[C@@H]1CN(C(=O)Nc2ccccc2)CC[C@@]12CCC(C(=O)NCC1CC1)O2. The quantitative estimate of drug-likeness (QED) is 0.855. The van der Waals surface area contributed by atoms with Crippen molar-refractivity contribution in [2.75, 3.05) is 25.0 Å². The highest BCUT2D eigenvalue weighted by Gasteiger charge is 2.49. The zero-order valence-corrected chi connectivity index (χ0v) is 15.9.